The number of hydrogen-bond donors (Lipinski definition) is 1. The summed E-state index contributed by atoms with van der Waals surface area (Å²) in [6, 6.07) is 11.0. The second kappa shape index (κ2) is 6.41. The van der Waals surface area contributed by atoms with Gasteiger partial charge in [0.15, 0.2) is 0 Å². The van der Waals surface area contributed by atoms with Crippen molar-refractivity contribution >= 4 is 0 Å². The molecule has 3 rings (SSSR count). The Balaban J connectivity index is 1.69. The number of aromatic nitrogens is 2. The summed E-state index contributed by atoms with van der Waals surface area (Å²) in [7, 11) is 2.21. The van der Waals surface area contributed by atoms with Crippen LogP contribution in [-0.2, 0) is 13.0 Å². The average molecular weight is 284 g/mol. The molecule has 0 aliphatic carbocycles. The van der Waals surface area contributed by atoms with E-state index in [9.17, 15) is 0 Å². The lowest BCUT2D eigenvalue weighted by molar-refractivity contribution is 0.279. The SMILES string of the molecule is CN1CCCC1Cn1cncc1[C@H](N)Cc1ccccc1. The summed E-state index contributed by atoms with van der Waals surface area (Å²) in [6.45, 7) is 2.19. The molecular weight excluding hydrogens is 260 g/mol. The Hall–Kier alpha value is -1.65. The molecule has 21 heavy (non-hydrogen) atoms. The van der Waals surface area contributed by atoms with E-state index >= 15 is 0 Å². The second-order valence-corrected chi connectivity index (χ2v) is 6.04. The van der Waals surface area contributed by atoms with Gasteiger partial charge in [-0.2, -0.15) is 0 Å². The molecular formula is C17H24N4. The summed E-state index contributed by atoms with van der Waals surface area (Å²) < 4.78 is 2.24. The molecule has 0 radical (unpaired) electrons. The Morgan fingerprint density at radius 3 is 2.86 bits per heavy atom. The first-order chi connectivity index (χ1) is 10.2. The van der Waals surface area contributed by atoms with E-state index in [-0.39, 0.29) is 6.04 Å². The van der Waals surface area contributed by atoms with E-state index in [1.807, 2.05) is 18.6 Å². The lowest BCUT2D eigenvalue weighted by Crippen LogP contribution is -2.30. The lowest BCUT2D eigenvalue weighted by atomic mass is 10.0. The smallest absolute Gasteiger partial charge is 0.0949 e. The molecule has 1 unspecified atom stereocenters. The van der Waals surface area contributed by atoms with Crippen molar-refractivity contribution in [1.82, 2.24) is 14.5 Å². The molecule has 1 saturated heterocycles. The van der Waals surface area contributed by atoms with Crippen LogP contribution >= 0.6 is 0 Å². The molecule has 2 heterocycles. The van der Waals surface area contributed by atoms with Crippen LogP contribution < -0.4 is 5.73 Å². The molecule has 2 N–H and O–H groups in total. The molecule has 4 nitrogen and oxygen atoms in total. The van der Waals surface area contributed by atoms with E-state index in [0.29, 0.717) is 6.04 Å². The molecule has 4 heteroatoms. The van der Waals surface area contributed by atoms with Gasteiger partial charge in [0, 0.05) is 18.8 Å². The average Bonchev–Trinajstić information content (AvgIpc) is 3.10. The van der Waals surface area contributed by atoms with E-state index in [4.69, 9.17) is 5.73 Å². The summed E-state index contributed by atoms with van der Waals surface area (Å²) in [4.78, 5) is 6.75. The fraction of sp³-hybridized carbons (Fsp3) is 0.471. The number of benzene rings is 1. The number of imidazole rings is 1. The first-order valence-corrected chi connectivity index (χ1v) is 7.74. The third-order valence-corrected chi connectivity index (χ3v) is 4.50. The standard InChI is InChI=1S/C17H24N4/c1-20-9-5-8-15(20)12-21-13-19-11-17(21)16(18)10-14-6-3-2-4-7-14/h2-4,6-7,11,13,15-16H,5,8-10,12,18H2,1H3/t15?,16-/m1/s1. The van der Waals surface area contributed by atoms with Crippen LogP contribution in [-0.4, -0.2) is 34.1 Å². The number of nitrogens with zero attached hydrogens (tertiary/aromatic N) is 3. The third kappa shape index (κ3) is 3.34. The van der Waals surface area contributed by atoms with Gasteiger partial charge in [0.2, 0.25) is 0 Å². The van der Waals surface area contributed by atoms with Crippen LogP contribution in [0.2, 0.25) is 0 Å². The number of rotatable bonds is 5. The van der Waals surface area contributed by atoms with E-state index < -0.39 is 0 Å². The maximum atomic E-state index is 6.41. The molecule has 0 amide bonds. The van der Waals surface area contributed by atoms with Crippen molar-refractivity contribution in [2.45, 2.75) is 37.9 Å². The van der Waals surface area contributed by atoms with E-state index in [0.717, 1.165) is 18.7 Å². The molecule has 0 spiro atoms. The Kier molecular flexibility index (Phi) is 4.36. The molecule has 0 saturated carbocycles. The third-order valence-electron chi connectivity index (χ3n) is 4.50. The predicted molar refractivity (Wildman–Crippen MR) is 85.0 cm³/mol. The van der Waals surface area contributed by atoms with Gasteiger partial charge in [0.05, 0.1) is 18.1 Å². The van der Waals surface area contributed by atoms with Gasteiger partial charge < -0.3 is 15.2 Å². The van der Waals surface area contributed by atoms with Crippen molar-refractivity contribution in [3.63, 3.8) is 0 Å². The van der Waals surface area contributed by atoms with Crippen LogP contribution in [0.25, 0.3) is 0 Å². The van der Waals surface area contributed by atoms with Crippen molar-refractivity contribution in [2.24, 2.45) is 5.73 Å². The second-order valence-electron chi connectivity index (χ2n) is 6.04. The normalized spacial score (nSPS) is 20.8. The fourth-order valence-corrected chi connectivity index (χ4v) is 3.20. The molecule has 2 atom stereocenters. The van der Waals surface area contributed by atoms with Gasteiger partial charge in [0.25, 0.3) is 0 Å². The minimum atomic E-state index is 0.00149. The van der Waals surface area contributed by atoms with Gasteiger partial charge in [-0.05, 0) is 38.4 Å². The summed E-state index contributed by atoms with van der Waals surface area (Å²) >= 11 is 0. The number of hydrogen-bond acceptors (Lipinski definition) is 3. The van der Waals surface area contributed by atoms with Gasteiger partial charge >= 0.3 is 0 Å². The van der Waals surface area contributed by atoms with Crippen LogP contribution in [0.5, 0.6) is 0 Å². The van der Waals surface area contributed by atoms with Gasteiger partial charge in [-0.25, -0.2) is 4.98 Å². The minimum absolute atomic E-state index is 0.00149. The quantitative estimate of drug-likeness (QED) is 0.916. The molecule has 1 aliphatic rings. The minimum Gasteiger partial charge on any atom is -0.332 e. The number of likely N-dealkylation sites (N-methyl/N-ethyl adjacent to an activating group) is 1. The Bertz CT molecular complexity index is 563. The molecule has 112 valence electrons. The summed E-state index contributed by atoms with van der Waals surface area (Å²) in [5, 5.41) is 0. The van der Waals surface area contributed by atoms with Crippen molar-refractivity contribution < 1.29 is 0 Å². The van der Waals surface area contributed by atoms with Gasteiger partial charge in [-0.15, -0.1) is 0 Å². The number of likely N-dealkylation sites (tertiary alicyclic amines) is 1. The summed E-state index contributed by atoms with van der Waals surface area (Å²) in [5.41, 5.74) is 8.82. The highest BCUT2D eigenvalue weighted by Gasteiger charge is 2.22. The van der Waals surface area contributed by atoms with Crippen LogP contribution in [0.1, 0.15) is 30.1 Å². The Morgan fingerprint density at radius 2 is 2.14 bits per heavy atom. The van der Waals surface area contributed by atoms with Gasteiger partial charge in [-0.1, -0.05) is 30.3 Å². The summed E-state index contributed by atoms with van der Waals surface area (Å²) in [6.07, 6.45) is 7.26. The number of nitrogens with two attached hydrogens (primary N) is 1. The Morgan fingerprint density at radius 1 is 1.33 bits per heavy atom. The zero-order chi connectivity index (χ0) is 14.7. The topological polar surface area (TPSA) is 47.1 Å². The predicted octanol–water partition coefficient (Wildman–Crippen LogP) is 2.22. The molecule has 0 bridgehead atoms. The van der Waals surface area contributed by atoms with E-state index in [1.54, 1.807) is 0 Å². The zero-order valence-electron chi connectivity index (χ0n) is 12.7. The highest BCUT2D eigenvalue weighted by molar-refractivity contribution is 5.18. The van der Waals surface area contributed by atoms with Crippen molar-refractivity contribution in [3.05, 3.63) is 54.1 Å². The Labute approximate surface area is 126 Å². The van der Waals surface area contributed by atoms with Crippen LogP contribution in [0, 0.1) is 0 Å². The van der Waals surface area contributed by atoms with Gasteiger partial charge in [0.1, 0.15) is 0 Å². The van der Waals surface area contributed by atoms with E-state index in [2.05, 4.69) is 45.8 Å². The molecule has 1 aromatic heterocycles. The maximum Gasteiger partial charge on any atom is 0.0949 e. The molecule has 1 aliphatic heterocycles. The van der Waals surface area contributed by atoms with Crippen LogP contribution in [0.4, 0.5) is 0 Å². The highest BCUT2D eigenvalue weighted by Crippen LogP contribution is 2.20. The zero-order valence-corrected chi connectivity index (χ0v) is 12.7. The van der Waals surface area contributed by atoms with Crippen molar-refractivity contribution in [2.75, 3.05) is 13.6 Å². The molecule has 1 fully saturated rings. The maximum absolute atomic E-state index is 6.41. The fourth-order valence-electron chi connectivity index (χ4n) is 3.20. The highest BCUT2D eigenvalue weighted by atomic mass is 15.2. The van der Waals surface area contributed by atoms with Crippen LogP contribution in [0.3, 0.4) is 0 Å². The van der Waals surface area contributed by atoms with Crippen LogP contribution in [0.15, 0.2) is 42.9 Å². The monoisotopic (exact) mass is 284 g/mol. The van der Waals surface area contributed by atoms with Crippen molar-refractivity contribution in [1.29, 1.82) is 0 Å². The van der Waals surface area contributed by atoms with Crippen molar-refractivity contribution in [3.8, 4) is 0 Å². The lowest BCUT2D eigenvalue weighted by Gasteiger charge is -2.22. The first-order valence-electron chi connectivity index (χ1n) is 7.74. The molecule has 2 aromatic rings. The molecule has 1 aromatic carbocycles. The summed E-state index contributed by atoms with van der Waals surface area (Å²) in [5.74, 6) is 0. The van der Waals surface area contributed by atoms with Gasteiger partial charge in [-0.3, -0.25) is 0 Å². The first kappa shape index (κ1) is 14.3. The van der Waals surface area contributed by atoms with E-state index in [1.165, 1.54) is 24.9 Å². The largest absolute Gasteiger partial charge is 0.332 e.